The second-order valence-electron chi connectivity index (χ2n) is 5.41. The highest BCUT2D eigenvalue weighted by molar-refractivity contribution is 8.18. The maximum absolute atomic E-state index is 12.4. The zero-order valence-corrected chi connectivity index (χ0v) is 15.2. The molecule has 1 aliphatic rings. The fraction of sp³-hybridized carbons (Fsp3) is 0.353. The number of ether oxygens (including phenoxy) is 3. The average Bonchev–Trinajstić information content (AvgIpc) is 2.82. The first-order valence-electron chi connectivity index (χ1n) is 7.52. The highest BCUT2D eigenvalue weighted by Crippen LogP contribution is 2.34. The molecule has 2 amide bonds. The summed E-state index contributed by atoms with van der Waals surface area (Å²) in [6.07, 6.45) is 1.24. The van der Waals surface area contributed by atoms with Gasteiger partial charge in [-0.2, -0.15) is 0 Å². The van der Waals surface area contributed by atoms with Gasteiger partial charge >= 0.3 is 5.97 Å². The van der Waals surface area contributed by atoms with Crippen molar-refractivity contribution in [2.75, 3.05) is 20.8 Å². The Morgan fingerprint density at radius 1 is 1.24 bits per heavy atom. The first-order valence-corrected chi connectivity index (χ1v) is 8.34. The van der Waals surface area contributed by atoms with E-state index in [9.17, 15) is 14.4 Å². The van der Waals surface area contributed by atoms with Gasteiger partial charge in [-0.25, -0.2) is 0 Å². The zero-order chi connectivity index (χ0) is 18.6. The van der Waals surface area contributed by atoms with E-state index in [1.807, 2.05) is 0 Å². The first-order chi connectivity index (χ1) is 11.8. The van der Waals surface area contributed by atoms with Crippen LogP contribution in [0.1, 0.15) is 19.4 Å². The number of rotatable bonds is 6. The quantitative estimate of drug-likeness (QED) is 0.566. The smallest absolute Gasteiger partial charge is 0.326 e. The molecule has 0 N–H and O–H groups in total. The van der Waals surface area contributed by atoms with E-state index < -0.39 is 23.7 Å². The molecule has 0 bridgehead atoms. The lowest BCUT2D eigenvalue weighted by molar-refractivity contribution is -0.149. The third kappa shape index (κ3) is 4.54. The number of amides is 2. The highest BCUT2D eigenvalue weighted by Gasteiger charge is 2.37. The van der Waals surface area contributed by atoms with Crippen LogP contribution in [0.3, 0.4) is 0 Å². The van der Waals surface area contributed by atoms with Gasteiger partial charge in [0.05, 0.1) is 25.2 Å². The minimum absolute atomic E-state index is 0.214. The lowest BCUT2D eigenvalue weighted by atomic mass is 10.1. The lowest BCUT2D eigenvalue weighted by Crippen LogP contribution is -2.35. The number of esters is 1. The van der Waals surface area contributed by atoms with E-state index in [0.29, 0.717) is 17.1 Å². The van der Waals surface area contributed by atoms with Crippen LogP contribution in [0.15, 0.2) is 23.1 Å². The van der Waals surface area contributed by atoms with Gasteiger partial charge in [-0.1, -0.05) is 0 Å². The van der Waals surface area contributed by atoms with Crippen molar-refractivity contribution in [3.8, 4) is 11.5 Å². The molecule has 2 rings (SSSR count). The predicted octanol–water partition coefficient (Wildman–Crippen LogP) is 2.69. The Bertz CT molecular complexity index is 728. The molecule has 0 radical (unpaired) electrons. The number of benzene rings is 1. The van der Waals surface area contributed by atoms with E-state index in [0.717, 1.165) is 16.7 Å². The van der Waals surface area contributed by atoms with Crippen molar-refractivity contribution in [3.05, 3.63) is 28.7 Å². The van der Waals surface area contributed by atoms with Crippen molar-refractivity contribution in [1.29, 1.82) is 0 Å². The topological polar surface area (TPSA) is 82.1 Å². The van der Waals surface area contributed by atoms with Gasteiger partial charge in [0.2, 0.25) is 0 Å². The number of carbonyl (C=O) groups excluding carboxylic acids is 3. The fourth-order valence-electron chi connectivity index (χ4n) is 2.14. The van der Waals surface area contributed by atoms with Gasteiger partial charge in [-0.05, 0) is 43.8 Å². The van der Waals surface area contributed by atoms with E-state index in [1.165, 1.54) is 14.2 Å². The number of thioether (sulfide) groups is 1. The Labute approximate surface area is 149 Å². The van der Waals surface area contributed by atoms with Crippen LogP contribution in [0.2, 0.25) is 0 Å². The van der Waals surface area contributed by atoms with Crippen molar-refractivity contribution in [2.45, 2.75) is 20.0 Å². The summed E-state index contributed by atoms with van der Waals surface area (Å²) >= 11 is 0.771. The van der Waals surface area contributed by atoms with Crippen LogP contribution in [0, 0.1) is 0 Å². The molecule has 0 aromatic heterocycles. The summed E-state index contributed by atoms with van der Waals surface area (Å²) in [5, 5.41) is -0.510. The molecule has 134 valence electrons. The van der Waals surface area contributed by atoms with E-state index in [1.54, 1.807) is 38.1 Å². The molecule has 25 heavy (non-hydrogen) atoms. The molecule has 1 aromatic rings. The molecule has 8 heteroatoms. The molecular weight excluding hydrogens is 346 g/mol. The Morgan fingerprint density at radius 2 is 1.96 bits per heavy atom. The summed E-state index contributed by atoms with van der Waals surface area (Å²) in [5.74, 6) is -0.0435. The highest BCUT2D eigenvalue weighted by atomic mass is 32.2. The first kappa shape index (κ1) is 18.9. The van der Waals surface area contributed by atoms with Crippen LogP contribution in [0.4, 0.5) is 4.79 Å². The number of carbonyl (C=O) groups is 3. The van der Waals surface area contributed by atoms with Gasteiger partial charge in [0.15, 0.2) is 0 Å². The standard InChI is InChI=1S/C17H19NO6S/c1-10(2)24-15(19)9-18-16(20)14(25-17(18)21)7-11-5-6-12(22-3)8-13(11)23-4/h5-8,10H,9H2,1-4H3/b14-7+. The minimum Gasteiger partial charge on any atom is -0.497 e. The normalized spacial score (nSPS) is 15.9. The molecule has 1 saturated heterocycles. The van der Waals surface area contributed by atoms with Crippen LogP contribution in [-0.4, -0.2) is 48.9 Å². The summed E-state index contributed by atoms with van der Waals surface area (Å²) in [6, 6.07) is 5.12. The van der Waals surface area contributed by atoms with Gasteiger partial charge in [0, 0.05) is 11.6 Å². The van der Waals surface area contributed by atoms with Crippen LogP contribution in [0.5, 0.6) is 11.5 Å². The molecule has 1 aromatic carbocycles. The summed E-state index contributed by atoms with van der Waals surface area (Å²) in [4.78, 5) is 37.2. The Hall–Kier alpha value is -2.48. The summed E-state index contributed by atoms with van der Waals surface area (Å²) in [5.41, 5.74) is 0.624. The molecule has 1 heterocycles. The lowest BCUT2D eigenvalue weighted by Gasteiger charge is -2.13. The number of imide groups is 1. The molecular formula is C17H19NO6S. The molecule has 0 saturated carbocycles. The molecule has 7 nitrogen and oxygen atoms in total. The van der Waals surface area contributed by atoms with Crippen molar-refractivity contribution < 1.29 is 28.6 Å². The maximum atomic E-state index is 12.4. The van der Waals surface area contributed by atoms with Gasteiger partial charge in [-0.3, -0.25) is 19.3 Å². The van der Waals surface area contributed by atoms with E-state index >= 15 is 0 Å². The van der Waals surface area contributed by atoms with Crippen LogP contribution >= 0.6 is 11.8 Å². The number of methoxy groups -OCH3 is 2. The van der Waals surface area contributed by atoms with E-state index in [2.05, 4.69) is 0 Å². The Morgan fingerprint density at radius 3 is 2.56 bits per heavy atom. The molecule has 0 spiro atoms. The minimum atomic E-state index is -0.624. The van der Waals surface area contributed by atoms with Gasteiger partial charge in [0.1, 0.15) is 18.0 Å². The zero-order valence-electron chi connectivity index (χ0n) is 14.4. The summed E-state index contributed by atoms with van der Waals surface area (Å²) < 4.78 is 15.4. The average molecular weight is 365 g/mol. The Kier molecular flexibility index (Phi) is 6.08. The summed E-state index contributed by atoms with van der Waals surface area (Å²) in [6.45, 7) is 2.99. The van der Waals surface area contributed by atoms with Crippen molar-refractivity contribution in [2.24, 2.45) is 0 Å². The summed E-state index contributed by atoms with van der Waals surface area (Å²) in [7, 11) is 3.04. The fourth-order valence-corrected chi connectivity index (χ4v) is 2.97. The van der Waals surface area contributed by atoms with Crippen molar-refractivity contribution >= 4 is 35.0 Å². The molecule has 0 aliphatic carbocycles. The van der Waals surface area contributed by atoms with Crippen molar-refractivity contribution in [1.82, 2.24) is 4.90 Å². The monoisotopic (exact) mass is 365 g/mol. The van der Waals surface area contributed by atoms with E-state index in [4.69, 9.17) is 14.2 Å². The third-order valence-corrected chi connectivity index (χ3v) is 4.16. The predicted molar refractivity (Wildman–Crippen MR) is 93.5 cm³/mol. The number of hydrogen-bond donors (Lipinski definition) is 0. The molecule has 1 aliphatic heterocycles. The second-order valence-corrected chi connectivity index (χ2v) is 6.41. The van der Waals surface area contributed by atoms with Gasteiger partial charge in [0.25, 0.3) is 11.1 Å². The van der Waals surface area contributed by atoms with Gasteiger partial charge < -0.3 is 14.2 Å². The van der Waals surface area contributed by atoms with Crippen molar-refractivity contribution in [3.63, 3.8) is 0 Å². The molecule has 1 fully saturated rings. The van der Waals surface area contributed by atoms with Crippen LogP contribution < -0.4 is 9.47 Å². The largest absolute Gasteiger partial charge is 0.497 e. The second kappa shape index (κ2) is 8.06. The van der Waals surface area contributed by atoms with Crippen LogP contribution in [-0.2, 0) is 14.3 Å². The Balaban J connectivity index is 2.21. The number of nitrogens with zero attached hydrogens (tertiary/aromatic N) is 1. The van der Waals surface area contributed by atoms with E-state index in [-0.39, 0.29) is 11.0 Å². The molecule has 0 atom stereocenters. The third-order valence-electron chi connectivity index (χ3n) is 3.26. The van der Waals surface area contributed by atoms with Gasteiger partial charge in [-0.15, -0.1) is 0 Å². The molecule has 0 unspecified atom stereocenters. The SMILES string of the molecule is COc1ccc(/C=C2/SC(=O)N(CC(=O)OC(C)C)C2=O)c(OC)c1. The maximum Gasteiger partial charge on any atom is 0.326 e. The van der Waals surface area contributed by atoms with Crippen LogP contribution in [0.25, 0.3) is 6.08 Å². The number of hydrogen-bond acceptors (Lipinski definition) is 7.